The van der Waals surface area contributed by atoms with Crippen molar-refractivity contribution in [2.45, 2.75) is 26.3 Å². The van der Waals surface area contributed by atoms with Gasteiger partial charge in [0.15, 0.2) is 0 Å². The van der Waals surface area contributed by atoms with E-state index in [1.54, 1.807) is 6.92 Å². The molecule has 170 valence electrons. The normalized spacial score (nSPS) is 14.1. The number of rotatable bonds is 7. The maximum absolute atomic E-state index is 12.6. The summed E-state index contributed by atoms with van der Waals surface area (Å²) in [5.74, 6) is 3.77. The van der Waals surface area contributed by atoms with E-state index in [2.05, 4.69) is 26.5 Å². The van der Waals surface area contributed by atoms with Crippen LogP contribution in [0.15, 0.2) is 47.3 Å². The van der Waals surface area contributed by atoms with Crippen molar-refractivity contribution in [3.05, 3.63) is 69.8 Å². The molecule has 0 radical (unpaired) electrons. The van der Waals surface area contributed by atoms with Gasteiger partial charge in [-0.15, -0.1) is 6.42 Å². The van der Waals surface area contributed by atoms with Crippen LogP contribution < -0.4 is 21.1 Å². The number of terminal acetylenes is 1. The Morgan fingerprint density at radius 2 is 1.97 bits per heavy atom. The van der Waals surface area contributed by atoms with E-state index in [0.717, 1.165) is 37.2 Å². The van der Waals surface area contributed by atoms with Crippen molar-refractivity contribution in [3.63, 3.8) is 0 Å². The van der Waals surface area contributed by atoms with Crippen molar-refractivity contribution in [1.82, 2.24) is 20.6 Å². The predicted octanol–water partition coefficient (Wildman–Crippen LogP) is 2.60. The van der Waals surface area contributed by atoms with Crippen LogP contribution in [-0.2, 0) is 6.54 Å². The van der Waals surface area contributed by atoms with Gasteiger partial charge in [0.1, 0.15) is 5.82 Å². The van der Waals surface area contributed by atoms with Gasteiger partial charge in [-0.1, -0.05) is 12.0 Å². The number of piperidine rings is 1. The number of benzene rings is 2. The quantitative estimate of drug-likeness (QED) is 0.489. The van der Waals surface area contributed by atoms with Gasteiger partial charge in [0.05, 0.1) is 17.4 Å². The lowest BCUT2D eigenvalue weighted by Gasteiger charge is -2.24. The van der Waals surface area contributed by atoms with E-state index in [9.17, 15) is 9.59 Å². The van der Waals surface area contributed by atoms with Crippen LogP contribution >= 0.6 is 0 Å². The maximum atomic E-state index is 12.6. The Kier molecular flexibility index (Phi) is 7.06. The summed E-state index contributed by atoms with van der Waals surface area (Å²) in [5.41, 5.74) is 3.02. The number of carbonyl (C=O) groups is 1. The number of anilines is 1. The minimum Gasteiger partial charge on any atom is -0.356 e. The zero-order chi connectivity index (χ0) is 23.2. The molecule has 0 spiro atoms. The molecule has 3 N–H and O–H groups in total. The van der Waals surface area contributed by atoms with Gasteiger partial charge in [-0.05, 0) is 80.7 Å². The van der Waals surface area contributed by atoms with Gasteiger partial charge in [-0.3, -0.25) is 9.59 Å². The standard InChI is InChI=1S/C26H29N5O2/c1-3-14-31(17-20-4-9-24-23(15-20)26(33)30-18(2)29-24)22-7-5-21(6-8-22)25(32)28-16-19-10-12-27-13-11-19/h1,4-9,15,19,27H,10-14,16-17H2,2H3,(H,28,32)(H,29,30,33). The Balaban J connectivity index is 1.45. The Bertz CT molecular complexity index is 1220. The lowest BCUT2D eigenvalue weighted by atomic mass is 9.98. The van der Waals surface area contributed by atoms with E-state index in [1.165, 1.54) is 0 Å². The van der Waals surface area contributed by atoms with E-state index in [-0.39, 0.29) is 11.5 Å². The van der Waals surface area contributed by atoms with Crippen LogP contribution in [0.5, 0.6) is 0 Å². The fraction of sp³-hybridized carbons (Fsp3) is 0.346. The van der Waals surface area contributed by atoms with Crippen LogP contribution in [0.4, 0.5) is 5.69 Å². The molecular formula is C26H29N5O2. The highest BCUT2D eigenvalue weighted by Gasteiger charge is 2.15. The number of fused-ring (bicyclic) bond motifs is 1. The number of aryl methyl sites for hydroxylation is 1. The third-order valence-corrected chi connectivity index (χ3v) is 6.05. The largest absolute Gasteiger partial charge is 0.356 e. The summed E-state index contributed by atoms with van der Waals surface area (Å²) in [6.07, 6.45) is 7.80. The number of nitrogens with one attached hydrogen (secondary N) is 3. The summed E-state index contributed by atoms with van der Waals surface area (Å²) in [5, 5.41) is 6.95. The second-order valence-electron chi connectivity index (χ2n) is 8.51. The molecule has 1 aliphatic rings. The van der Waals surface area contributed by atoms with Crippen molar-refractivity contribution < 1.29 is 4.79 Å². The van der Waals surface area contributed by atoms with Gasteiger partial charge in [0, 0.05) is 24.3 Å². The average molecular weight is 444 g/mol. The summed E-state index contributed by atoms with van der Waals surface area (Å²) in [7, 11) is 0. The average Bonchev–Trinajstić information content (AvgIpc) is 2.83. The van der Waals surface area contributed by atoms with Crippen molar-refractivity contribution >= 4 is 22.5 Å². The number of aromatic nitrogens is 2. The summed E-state index contributed by atoms with van der Waals surface area (Å²) in [6.45, 7) is 5.45. The van der Waals surface area contributed by atoms with Crippen molar-refractivity contribution in [1.29, 1.82) is 0 Å². The highest BCUT2D eigenvalue weighted by molar-refractivity contribution is 5.94. The number of carbonyl (C=O) groups excluding carboxylic acids is 1. The van der Waals surface area contributed by atoms with Gasteiger partial charge in [-0.2, -0.15) is 0 Å². The van der Waals surface area contributed by atoms with Gasteiger partial charge >= 0.3 is 0 Å². The Hall–Kier alpha value is -3.63. The highest BCUT2D eigenvalue weighted by Crippen LogP contribution is 2.20. The number of hydrogen-bond donors (Lipinski definition) is 3. The second kappa shape index (κ2) is 10.3. The predicted molar refractivity (Wildman–Crippen MR) is 131 cm³/mol. The molecule has 1 fully saturated rings. The molecule has 0 saturated carbocycles. The summed E-state index contributed by atoms with van der Waals surface area (Å²) in [6, 6.07) is 13.2. The third kappa shape index (κ3) is 5.60. The van der Waals surface area contributed by atoms with E-state index in [4.69, 9.17) is 6.42 Å². The number of H-pyrrole nitrogens is 1. The monoisotopic (exact) mass is 443 g/mol. The summed E-state index contributed by atoms with van der Waals surface area (Å²) >= 11 is 0. The minimum atomic E-state index is -0.150. The first-order valence-corrected chi connectivity index (χ1v) is 11.3. The molecule has 1 amide bonds. The van der Waals surface area contributed by atoms with Crippen LogP contribution in [0.3, 0.4) is 0 Å². The molecular weight excluding hydrogens is 414 g/mol. The first-order chi connectivity index (χ1) is 16.0. The zero-order valence-corrected chi connectivity index (χ0v) is 18.9. The van der Waals surface area contributed by atoms with Crippen molar-refractivity contribution in [3.8, 4) is 12.3 Å². The maximum Gasteiger partial charge on any atom is 0.258 e. The fourth-order valence-electron chi connectivity index (χ4n) is 4.22. The van der Waals surface area contributed by atoms with Gasteiger partial charge < -0.3 is 20.5 Å². The molecule has 1 saturated heterocycles. The molecule has 0 atom stereocenters. The van der Waals surface area contributed by atoms with Crippen LogP contribution in [0.25, 0.3) is 10.9 Å². The Morgan fingerprint density at radius 3 is 2.70 bits per heavy atom. The van der Waals surface area contributed by atoms with Crippen LogP contribution in [-0.4, -0.2) is 42.1 Å². The molecule has 1 aromatic heterocycles. The van der Waals surface area contributed by atoms with Crippen LogP contribution in [0.1, 0.15) is 34.6 Å². The first kappa shape index (κ1) is 22.6. The molecule has 2 heterocycles. The number of hydrogen-bond acceptors (Lipinski definition) is 5. The van der Waals surface area contributed by atoms with E-state index in [0.29, 0.717) is 47.8 Å². The van der Waals surface area contributed by atoms with Crippen molar-refractivity contribution in [2.24, 2.45) is 5.92 Å². The fourth-order valence-corrected chi connectivity index (χ4v) is 4.22. The molecule has 33 heavy (non-hydrogen) atoms. The molecule has 0 bridgehead atoms. The smallest absolute Gasteiger partial charge is 0.258 e. The number of amides is 1. The highest BCUT2D eigenvalue weighted by atomic mass is 16.1. The Labute approximate surface area is 193 Å². The summed E-state index contributed by atoms with van der Waals surface area (Å²) < 4.78 is 0. The van der Waals surface area contributed by atoms with E-state index in [1.807, 2.05) is 47.4 Å². The minimum absolute atomic E-state index is 0.0554. The van der Waals surface area contributed by atoms with Crippen LogP contribution in [0, 0.1) is 25.2 Å². The van der Waals surface area contributed by atoms with Crippen molar-refractivity contribution in [2.75, 3.05) is 31.1 Å². The molecule has 4 rings (SSSR count). The number of nitrogens with zero attached hydrogens (tertiary/aromatic N) is 2. The summed E-state index contributed by atoms with van der Waals surface area (Å²) in [4.78, 5) is 34.0. The van der Waals surface area contributed by atoms with Crippen LogP contribution in [0.2, 0.25) is 0 Å². The molecule has 7 nitrogen and oxygen atoms in total. The van der Waals surface area contributed by atoms with E-state index >= 15 is 0 Å². The number of aromatic amines is 1. The van der Waals surface area contributed by atoms with Gasteiger partial charge in [-0.25, -0.2) is 4.98 Å². The lowest BCUT2D eigenvalue weighted by Crippen LogP contribution is -2.36. The van der Waals surface area contributed by atoms with E-state index < -0.39 is 0 Å². The van der Waals surface area contributed by atoms with Gasteiger partial charge in [0.25, 0.3) is 11.5 Å². The molecule has 2 aromatic carbocycles. The topological polar surface area (TPSA) is 90.1 Å². The molecule has 1 aliphatic heterocycles. The molecule has 3 aromatic rings. The molecule has 0 unspecified atom stereocenters. The lowest BCUT2D eigenvalue weighted by molar-refractivity contribution is 0.0944. The second-order valence-corrected chi connectivity index (χ2v) is 8.51. The zero-order valence-electron chi connectivity index (χ0n) is 18.9. The molecule has 0 aliphatic carbocycles. The Morgan fingerprint density at radius 1 is 1.21 bits per heavy atom. The molecule has 7 heteroatoms. The first-order valence-electron chi connectivity index (χ1n) is 11.3. The third-order valence-electron chi connectivity index (χ3n) is 6.05. The van der Waals surface area contributed by atoms with Gasteiger partial charge in [0.2, 0.25) is 0 Å². The SMILES string of the molecule is C#CCN(Cc1ccc2nc(C)[nH]c(=O)c2c1)c1ccc(C(=O)NCC2CCNCC2)cc1.